The number of benzene rings is 2. The molecule has 2 aromatic carbocycles. The zero-order valence-corrected chi connectivity index (χ0v) is 21.1. The molecule has 0 amide bonds. The van der Waals surface area contributed by atoms with E-state index in [2.05, 4.69) is 10.2 Å². The lowest BCUT2D eigenvalue weighted by Crippen LogP contribution is -2.51. The molecule has 2 N–H and O–H groups in total. The van der Waals surface area contributed by atoms with Crippen molar-refractivity contribution in [2.24, 2.45) is 0 Å². The number of methoxy groups -OCH3 is 3. The van der Waals surface area contributed by atoms with Crippen LogP contribution in [0.25, 0.3) is 0 Å². The average Bonchev–Trinajstić information content (AvgIpc) is 3.46. The summed E-state index contributed by atoms with van der Waals surface area (Å²) in [6.45, 7) is 2.40. The van der Waals surface area contributed by atoms with Crippen LogP contribution in [0.15, 0.2) is 30.3 Å². The third kappa shape index (κ3) is 4.60. The van der Waals surface area contributed by atoms with Crippen molar-refractivity contribution in [2.45, 2.75) is 36.9 Å². The predicted octanol–water partition coefficient (Wildman–Crippen LogP) is 3.45. The molecular weight excluding hydrogens is 479 g/mol. The Kier molecular flexibility index (Phi) is 7.60. The summed E-state index contributed by atoms with van der Waals surface area (Å²) >= 11 is 12.5. The van der Waals surface area contributed by atoms with Crippen molar-refractivity contribution in [3.63, 3.8) is 0 Å². The molecule has 2 aliphatic rings. The van der Waals surface area contributed by atoms with E-state index in [0.717, 1.165) is 11.1 Å². The van der Waals surface area contributed by atoms with Gasteiger partial charge < -0.3 is 24.6 Å². The van der Waals surface area contributed by atoms with Gasteiger partial charge in [0, 0.05) is 13.1 Å². The van der Waals surface area contributed by atoms with Gasteiger partial charge >= 0.3 is 0 Å². The second-order valence-electron chi connectivity index (χ2n) is 8.86. The second kappa shape index (κ2) is 10.3. The Morgan fingerprint density at radius 3 is 2.38 bits per heavy atom. The topological polar surface area (TPSA) is 80.3 Å². The van der Waals surface area contributed by atoms with Gasteiger partial charge in [0.1, 0.15) is 0 Å². The van der Waals surface area contributed by atoms with Crippen LogP contribution in [0.2, 0.25) is 10.0 Å². The second-order valence-corrected chi connectivity index (χ2v) is 9.67. The molecule has 0 bridgehead atoms. The number of ether oxygens (including phenoxy) is 3. The van der Waals surface area contributed by atoms with Crippen molar-refractivity contribution in [2.75, 3.05) is 41.0 Å². The summed E-state index contributed by atoms with van der Waals surface area (Å²) in [6.07, 6.45) is 0.471. The number of nitrogens with one attached hydrogen (secondary N) is 1. The summed E-state index contributed by atoms with van der Waals surface area (Å²) in [5.41, 5.74) is 0.990. The standard InChI is InChI=1S/C25H30Cl2N2O5/c1-32-20-10-15(11-21(33-2)23(20)34-3)13-29-9-7-25(14-29,16-4-5-17(26)18(27)12-16)24(31)22-19(30)6-8-28-22/h4-5,10-12,19,22,28,30H,6-9,13-14H2,1-3H3/t19?,22-,25?/m1/s1. The Hall–Kier alpha value is -2.03. The molecule has 7 nitrogen and oxygen atoms in total. The van der Waals surface area contributed by atoms with Gasteiger partial charge in [0.25, 0.3) is 0 Å². The molecule has 2 fully saturated rings. The molecule has 0 spiro atoms. The fourth-order valence-electron chi connectivity index (χ4n) is 5.14. The van der Waals surface area contributed by atoms with Gasteiger partial charge in [0.05, 0.1) is 48.9 Å². The minimum Gasteiger partial charge on any atom is -0.493 e. The highest BCUT2D eigenvalue weighted by molar-refractivity contribution is 6.42. The SMILES string of the molecule is COc1cc(CN2CCC(C(=O)[C@@H]3NCCC3O)(c3ccc(Cl)c(Cl)c3)C2)cc(OC)c1OC. The van der Waals surface area contributed by atoms with Crippen molar-refractivity contribution < 1.29 is 24.1 Å². The minimum absolute atomic E-state index is 0.0109. The first-order valence-corrected chi connectivity index (χ1v) is 12.0. The Morgan fingerprint density at radius 2 is 1.82 bits per heavy atom. The van der Waals surface area contributed by atoms with Crippen LogP contribution in [0.1, 0.15) is 24.0 Å². The quantitative estimate of drug-likeness (QED) is 0.565. The van der Waals surface area contributed by atoms with E-state index in [9.17, 15) is 9.90 Å². The minimum atomic E-state index is -0.808. The molecule has 2 aliphatic heterocycles. The zero-order chi connectivity index (χ0) is 24.5. The maximum atomic E-state index is 13.9. The van der Waals surface area contributed by atoms with E-state index in [0.29, 0.717) is 66.3 Å². The Morgan fingerprint density at radius 1 is 1.12 bits per heavy atom. The van der Waals surface area contributed by atoms with Crippen LogP contribution in [0.5, 0.6) is 17.2 Å². The van der Waals surface area contributed by atoms with E-state index in [1.807, 2.05) is 18.2 Å². The Bertz CT molecular complexity index is 1040. The molecule has 2 unspecified atom stereocenters. The smallest absolute Gasteiger partial charge is 0.203 e. The molecule has 2 aromatic rings. The monoisotopic (exact) mass is 508 g/mol. The van der Waals surface area contributed by atoms with Crippen LogP contribution in [-0.4, -0.2) is 68.9 Å². The van der Waals surface area contributed by atoms with Crippen LogP contribution in [0.3, 0.4) is 0 Å². The van der Waals surface area contributed by atoms with E-state index in [-0.39, 0.29) is 5.78 Å². The van der Waals surface area contributed by atoms with E-state index >= 15 is 0 Å². The van der Waals surface area contributed by atoms with Crippen molar-refractivity contribution in [1.29, 1.82) is 0 Å². The lowest BCUT2D eigenvalue weighted by atomic mass is 9.73. The molecule has 184 valence electrons. The lowest BCUT2D eigenvalue weighted by Gasteiger charge is -2.32. The third-order valence-electron chi connectivity index (χ3n) is 6.89. The zero-order valence-electron chi connectivity index (χ0n) is 19.6. The van der Waals surface area contributed by atoms with E-state index in [1.54, 1.807) is 33.5 Å². The van der Waals surface area contributed by atoms with Gasteiger partial charge in [-0.1, -0.05) is 29.3 Å². The van der Waals surface area contributed by atoms with Gasteiger partial charge in [-0.25, -0.2) is 0 Å². The largest absolute Gasteiger partial charge is 0.493 e. The molecule has 2 saturated heterocycles. The number of likely N-dealkylation sites (tertiary alicyclic amines) is 1. The molecule has 9 heteroatoms. The van der Waals surface area contributed by atoms with Gasteiger partial charge in [0.15, 0.2) is 17.3 Å². The molecular formula is C25H30Cl2N2O5. The number of carbonyl (C=O) groups is 1. The Balaban J connectivity index is 1.66. The van der Waals surface area contributed by atoms with Crippen LogP contribution >= 0.6 is 23.2 Å². The molecule has 0 aromatic heterocycles. The highest BCUT2D eigenvalue weighted by Crippen LogP contribution is 2.42. The van der Waals surface area contributed by atoms with Crippen LogP contribution in [-0.2, 0) is 16.8 Å². The number of halogens is 2. The number of ketones is 1. The molecule has 0 aliphatic carbocycles. The first-order valence-electron chi connectivity index (χ1n) is 11.3. The molecule has 0 radical (unpaired) electrons. The summed E-state index contributed by atoms with van der Waals surface area (Å²) in [6, 6.07) is 8.63. The summed E-state index contributed by atoms with van der Waals surface area (Å²) in [4.78, 5) is 16.1. The summed E-state index contributed by atoms with van der Waals surface area (Å²) in [5.74, 6) is 1.70. The van der Waals surface area contributed by atoms with Gasteiger partial charge in [-0.15, -0.1) is 0 Å². The normalized spacial score (nSPS) is 24.9. The summed E-state index contributed by atoms with van der Waals surface area (Å²) < 4.78 is 16.4. The summed E-state index contributed by atoms with van der Waals surface area (Å²) in [5, 5.41) is 14.5. The van der Waals surface area contributed by atoms with E-state index < -0.39 is 17.6 Å². The summed E-state index contributed by atoms with van der Waals surface area (Å²) in [7, 11) is 4.75. The first kappa shape index (κ1) is 25.1. The van der Waals surface area contributed by atoms with Crippen LogP contribution in [0, 0.1) is 0 Å². The number of aliphatic hydroxyl groups excluding tert-OH is 1. The number of aliphatic hydroxyl groups is 1. The van der Waals surface area contributed by atoms with Crippen molar-refractivity contribution in [1.82, 2.24) is 10.2 Å². The number of nitrogens with zero attached hydrogens (tertiary/aromatic N) is 1. The number of carbonyl (C=O) groups excluding carboxylic acids is 1. The van der Waals surface area contributed by atoms with Gasteiger partial charge in [-0.2, -0.15) is 0 Å². The average molecular weight is 509 g/mol. The number of hydrogen-bond donors (Lipinski definition) is 2. The highest BCUT2D eigenvalue weighted by Gasteiger charge is 2.50. The number of rotatable bonds is 8. The van der Waals surface area contributed by atoms with E-state index in [4.69, 9.17) is 37.4 Å². The van der Waals surface area contributed by atoms with Crippen LogP contribution < -0.4 is 19.5 Å². The molecule has 2 heterocycles. The van der Waals surface area contributed by atoms with Crippen molar-refractivity contribution >= 4 is 29.0 Å². The van der Waals surface area contributed by atoms with Crippen molar-refractivity contribution in [3.05, 3.63) is 51.5 Å². The third-order valence-corrected chi connectivity index (χ3v) is 7.63. The van der Waals surface area contributed by atoms with Crippen molar-refractivity contribution in [3.8, 4) is 17.2 Å². The molecule has 3 atom stereocenters. The maximum absolute atomic E-state index is 13.9. The van der Waals surface area contributed by atoms with E-state index in [1.165, 1.54) is 0 Å². The Labute approximate surface area is 209 Å². The number of Topliss-reactive ketones (excluding diaryl/α,β-unsaturated/α-hetero) is 1. The predicted molar refractivity (Wildman–Crippen MR) is 132 cm³/mol. The highest BCUT2D eigenvalue weighted by atomic mass is 35.5. The molecule has 34 heavy (non-hydrogen) atoms. The van der Waals surface area contributed by atoms with Gasteiger partial charge in [0.2, 0.25) is 5.75 Å². The van der Waals surface area contributed by atoms with Crippen LogP contribution in [0.4, 0.5) is 0 Å². The van der Waals surface area contributed by atoms with Gasteiger partial charge in [-0.05, 0) is 61.3 Å². The molecule has 4 rings (SSSR count). The fourth-order valence-corrected chi connectivity index (χ4v) is 5.43. The number of hydrogen-bond acceptors (Lipinski definition) is 7. The lowest BCUT2D eigenvalue weighted by molar-refractivity contribution is -0.128. The first-order chi connectivity index (χ1) is 16.3. The fraction of sp³-hybridized carbons (Fsp3) is 0.480. The maximum Gasteiger partial charge on any atom is 0.203 e. The van der Waals surface area contributed by atoms with Gasteiger partial charge in [-0.3, -0.25) is 9.69 Å². The molecule has 0 saturated carbocycles.